The fourth-order valence-electron chi connectivity index (χ4n) is 1.98. The summed E-state index contributed by atoms with van der Waals surface area (Å²) in [5.74, 6) is -3.42. The molecule has 1 aliphatic carbocycles. The molecule has 1 aliphatic rings. The van der Waals surface area contributed by atoms with Crippen LogP contribution in [0.2, 0.25) is 0 Å². The van der Waals surface area contributed by atoms with Crippen molar-refractivity contribution in [1.29, 1.82) is 0 Å². The van der Waals surface area contributed by atoms with Crippen LogP contribution in [-0.2, 0) is 39.9 Å². The smallest absolute Gasteiger partial charge is 0.677 e. The number of hydrogen-bond acceptors (Lipinski definition) is 7. The number of carbonyl (C=O) groups is 2. The van der Waals surface area contributed by atoms with Crippen molar-refractivity contribution >= 4 is 20.2 Å². The molecule has 0 radical (unpaired) electrons. The first-order valence-electron chi connectivity index (χ1n) is 7.83. The first-order chi connectivity index (χ1) is 11.7. The summed E-state index contributed by atoms with van der Waals surface area (Å²) in [6.45, 7) is 6.89. The van der Waals surface area contributed by atoms with Gasteiger partial charge in [-0.3, -0.25) is 9.59 Å². The SMILES string of the molecule is CCNCCC(C(=O)O)C(=O)O.O=[P+]([O-])OO.[CH2-]C1CCCCC1[NH-].[HH].[Pt+2]. The van der Waals surface area contributed by atoms with Gasteiger partial charge in [0, 0.05) is 6.10 Å². The van der Waals surface area contributed by atoms with Crippen molar-refractivity contribution in [3.63, 3.8) is 0 Å². The van der Waals surface area contributed by atoms with Crippen LogP contribution in [0, 0.1) is 18.8 Å². The molecule has 0 bridgehead atoms. The third-order valence-corrected chi connectivity index (χ3v) is 3.57. The number of aliphatic carboxylic acids is 2. The van der Waals surface area contributed by atoms with E-state index in [0.29, 0.717) is 19.0 Å². The zero-order valence-corrected chi connectivity index (χ0v) is 17.7. The summed E-state index contributed by atoms with van der Waals surface area (Å²) in [6, 6.07) is 0.142. The van der Waals surface area contributed by atoms with E-state index < -0.39 is 26.1 Å². The van der Waals surface area contributed by atoms with E-state index in [2.05, 4.69) is 16.9 Å². The van der Waals surface area contributed by atoms with Gasteiger partial charge >= 0.3 is 41.3 Å². The molecule has 12 heteroatoms. The number of rotatable bonds is 7. The number of carboxylic acid groups (broad SMARTS) is 2. The zero-order chi connectivity index (χ0) is 19.8. The van der Waals surface area contributed by atoms with Gasteiger partial charge in [-0.25, -0.2) is 5.26 Å². The zero-order valence-electron chi connectivity index (χ0n) is 14.5. The molecule has 158 valence electrons. The van der Waals surface area contributed by atoms with Crippen LogP contribution in [0.3, 0.4) is 0 Å². The summed E-state index contributed by atoms with van der Waals surface area (Å²) in [6.07, 6.45) is 4.92. The van der Waals surface area contributed by atoms with E-state index in [1.807, 2.05) is 6.92 Å². The number of nitrogens with one attached hydrogen (secondary N) is 2. The van der Waals surface area contributed by atoms with Crippen LogP contribution in [0.25, 0.3) is 5.73 Å². The van der Waals surface area contributed by atoms with E-state index in [1.165, 1.54) is 19.3 Å². The maximum atomic E-state index is 10.3. The topological polar surface area (TPSA) is 180 Å². The van der Waals surface area contributed by atoms with Crippen LogP contribution in [-0.4, -0.2) is 46.5 Å². The van der Waals surface area contributed by atoms with Gasteiger partial charge in [-0.15, -0.1) is 0 Å². The fourth-order valence-corrected chi connectivity index (χ4v) is 1.98. The maximum absolute atomic E-state index is 10.3. The fraction of sp³-hybridized carbons (Fsp3) is 0.786. The molecule has 0 amide bonds. The van der Waals surface area contributed by atoms with Gasteiger partial charge in [0.15, 0.2) is 5.92 Å². The average molecular weight is 579 g/mol. The molecule has 1 saturated carbocycles. The van der Waals surface area contributed by atoms with E-state index in [4.69, 9.17) is 30.7 Å². The Bertz CT molecular complexity index is 385. The third kappa shape index (κ3) is 18.3. The standard InChI is InChI=1S/C7H13NO4.C7H13N.HO4P.Pt.H2/c1-2-8-4-3-5(6(9)10)7(11)12;1-6-4-2-3-5-7(6)8;1-4-5(2)3;;/h5,8H,2-4H2,1H3,(H,9,10)(H,11,12);6-8H,1-5H2;1H;;1H/q;-2;;+2;. The summed E-state index contributed by atoms with van der Waals surface area (Å²) in [5, 5.41) is 26.8. The summed E-state index contributed by atoms with van der Waals surface area (Å²) < 4.78 is 11.6. The normalized spacial score (nSPS) is 19.1. The van der Waals surface area contributed by atoms with E-state index in [9.17, 15) is 9.59 Å². The Hall–Kier alpha value is -0.472. The predicted molar refractivity (Wildman–Crippen MR) is 90.8 cm³/mol. The molecule has 10 nitrogen and oxygen atoms in total. The van der Waals surface area contributed by atoms with Crippen molar-refractivity contribution in [3.05, 3.63) is 12.7 Å². The molecule has 0 spiro atoms. The van der Waals surface area contributed by atoms with Gasteiger partial charge in [0.2, 0.25) is 0 Å². The molecule has 26 heavy (non-hydrogen) atoms. The minimum atomic E-state index is -3.04. The van der Waals surface area contributed by atoms with E-state index in [-0.39, 0.29) is 35.0 Å². The molecule has 3 unspecified atom stereocenters. The Morgan fingerprint density at radius 2 is 1.85 bits per heavy atom. The molecule has 5 N–H and O–H groups in total. The van der Waals surface area contributed by atoms with Crippen LogP contribution in [0.1, 0.15) is 40.5 Å². The quantitative estimate of drug-likeness (QED) is 0.0876. The van der Waals surface area contributed by atoms with Crippen molar-refractivity contribution in [2.24, 2.45) is 11.8 Å². The second kappa shape index (κ2) is 19.3. The minimum absolute atomic E-state index is 0. The van der Waals surface area contributed by atoms with E-state index in [0.717, 1.165) is 6.42 Å². The molecular formula is C14H29N2O8PPt. The predicted octanol–water partition coefficient (Wildman–Crippen LogP) is 1.94. The molecule has 3 atom stereocenters. The van der Waals surface area contributed by atoms with Gasteiger partial charge in [-0.1, -0.05) is 32.6 Å². The summed E-state index contributed by atoms with van der Waals surface area (Å²) >= 11 is 0. The van der Waals surface area contributed by atoms with E-state index in [1.54, 1.807) is 0 Å². The van der Waals surface area contributed by atoms with Gasteiger partial charge in [0.05, 0.1) is 0 Å². The first kappa shape index (κ1) is 30.3. The maximum Gasteiger partial charge on any atom is 2.00 e. The number of carboxylic acids is 2. The van der Waals surface area contributed by atoms with Gasteiger partial charge in [-0.05, 0) is 24.1 Å². The molecule has 0 aliphatic heterocycles. The Morgan fingerprint density at radius 3 is 2.12 bits per heavy atom. The molecule has 0 aromatic rings. The molecule has 0 aromatic carbocycles. The van der Waals surface area contributed by atoms with Crippen molar-refractivity contribution < 1.29 is 61.7 Å². The first-order valence-corrected chi connectivity index (χ1v) is 8.93. The van der Waals surface area contributed by atoms with Crippen molar-refractivity contribution in [2.45, 2.75) is 45.1 Å². The summed E-state index contributed by atoms with van der Waals surface area (Å²) in [7, 11) is -3.04. The Morgan fingerprint density at radius 1 is 1.38 bits per heavy atom. The van der Waals surface area contributed by atoms with Gasteiger partial charge in [0.25, 0.3) is 0 Å². The molecular weight excluding hydrogens is 550 g/mol. The largest absolute Gasteiger partial charge is 2.00 e. The molecule has 0 heterocycles. The van der Waals surface area contributed by atoms with Gasteiger partial charge in [0.1, 0.15) is 0 Å². The average Bonchev–Trinajstić information content (AvgIpc) is 2.55. The summed E-state index contributed by atoms with van der Waals surface area (Å²) in [4.78, 5) is 29.6. The van der Waals surface area contributed by atoms with Crippen molar-refractivity contribution in [1.82, 2.24) is 5.32 Å². The van der Waals surface area contributed by atoms with Gasteiger partial charge in [-0.2, -0.15) is 12.0 Å². The Labute approximate surface area is 170 Å². The summed E-state index contributed by atoms with van der Waals surface area (Å²) in [5.41, 5.74) is 7.42. The molecule has 0 saturated heterocycles. The molecule has 0 aromatic heterocycles. The number of hydrogen-bond donors (Lipinski definition) is 4. The van der Waals surface area contributed by atoms with Crippen LogP contribution in [0.15, 0.2) is 0 Å². The minimum Gasteiger partial charge on any atom is -0.677 e. The monoisotopic (exact) mass is 579 g/mol. The molecule has 1 rings (SSSR count). The van der Waals surface area contributed by atoms with Crippen molar-refractivity contribution in [2.75, 3.05) is 13.1 Å². The third-order valence-electron chi connectivity index (χ3n) is 3.43. The van der Waals surface area contributed by atoms with Crippen LogP contribution in [0.4, 0.5) is 0 Å². The van der Waals surface area contributed by atoms with Crippen LogP contribution in [0.5, 0.6) is 0 Å². The Balaban J connectivity index is -0.000000154. The van der Waals surface area contributed by atoms with Crippen LogP contribution >= 0.6 is 8.25 Å². The second-order valence-electron chi connectivity index (χ2n) is 5.33. The Kier molecular flexibility index (Phi) is 22.5. The molecule has 1 fully saturated rings. The second-order valence-corrected chi connectivity index (χ2v) is 5.94. The van der Waals surface area contributed by atoms with Crippen LogP contribution < -0.4 is 10.2 Å². The van der Waals surface area contributed by atoms with E-state index >= 15 is 0 Å². The van der Waals surface area contributed by atoms with Gasteiger partial charge < -0.3 is 33.1 Å². The van der Waals surface area contributed by atoms with Crippen molar-refractivity contribution in [3.8, 4) is 0 Å².